The summed E-state index contributed by atoms with van der Waals surface area (Å²) in [5.74, 6) is 0.798. The topological polar surface area (TPSA) is 31.7 Å². The number of alkyl halides is 3. The lowest BCUT2D eigenvalue weighted by Crippen LogP contribution is -2.44. The van der Waals surface area contributed by atoms with Crippen LogP contribution in [0, 0.1) is 0 Å². The van der Waals surface area contributed by atoms with Gasteiger partial charge in [-0.2, -0.15) is 13.2 Å². The monoisotopic (exact) mass is 348 g/mol. The Labute approximate surface area is 144 Å². The van der Waals surface area contributed by atoms with Gasteiger partial charge in [0.1, 0.15) is 5.69 Å². The van der Waals surface area contributed by atoms with Crippen LogP contribution in [-0.4, -0.2) is 48.8 Å². The molecule has 0 bridgehead atoms. The van der Waals surface area contributed by atoms with Gasteiger partial charge in [0.15, 0.2) is 5.82 Å². The van der Waals surface area contributed by atoms with Crippen molar-refractivity contribution in [2.24, 2.45) is 4.99 Å². The van der Waals surface area contributed by atoms with E-state index in [2.05, 4.69) is 26.8 Å². The van der Waals surface area contributed by atoms with Crippen molar-refractivity contribution in [2.45, 2.75) is 19.5 Å². The number of piperazine rings is 1. The van der Waals surface area contributed by atoms with E-state index < -0.39 is 11.7 Å². The predicted molar refractivity (Wildman–Crippen MR) is 92.9 cm³/mol. The fraction of sp³-hybridized carbons (Fsp3) is 0.444. The zero-order valence-electron chi connectivity index (χ0n) is 14.2. The largest absolute Gasteiger partial charge is 0.416 e. The summed E-state index contributed by atoms with van der Waals surface area (Å²) in [5, 5.41) is 0.559. The average molecular weight is 348 g/mol. The first-order valence-electron chi connectivity index (χ1n) is 8.34. The number of halogens is 3. The molecule has 0 spiro atoms. The fourth-order valence-electron chi connectivity index (χ4n) is 3.50. The molecule has 1 aromatic heterocycles. The van der Waals surface area contributed by atoms with Crippen molar-refractivity contribution in [2.75, 3.05) is 38.1 Å². The number of rotatable bonds is 1. The molecule has 4 nitrogen and oxygen atoms in total. The maximum Gasteiger partial charge on any atom is 0.416 e. The molecule has 1 aromatic carbocycles. The minimum Gasteiger partial charge on any atom is -0.352 e. The molecule has 25 heavy (non-hydrogen) atoms. The van der Waals surface area contributed by atoms with Gasteiger partial charge in [-0.25, -0.2) is 4.98 Å². The lowest BCUT2D eigenvalue weighted by Gasteiger charge is -2.34. The lowest BCUT2D eigenvalue weighted by molar-refractivity contribution is -0.137. The molecule has 2 aromatic rings. The molecule has 1 saturated heterocycles. The van der Waals surface area contributed by atoms with Gasteiger partial charge in [-0.15, -0.1) is 0 Å². The SMILES string of the molecule is CC1=Nc2c(N3CCN(C)CC3)nc3ccc(C(F)(F)F)cc3c2C1. The predicted octanol–water partition coefficient (Wildman–Crippen LogP) is 3.65. The van der Waals surface area contributed by atoms with E-state index in [-0.39, 0.29) is 0 Å². The fourth-order valence-corrected chi connectivity index (χ4v) is 3.50. The Balaban J connectivity index is 1.87. The minimum absolute atomic E-state index is 0.559. The molecule has 1 fully saturated rings. The van der Waals surface area contributed by atoms with Gasteiger partial charge in [-0.05, 0) is 37.7 Å². The maximum absolute atomic E-state index is 13.1. The summed E-state index contributed by atoms with van der Waals surface area (Å²) in [5.41, 5.74) is 2.49. The van der Waals surface area contributed by atoms with Gasteiger partial charge in [0.25, 0.3) is 0 Å². The van der Waals surface area contributed by atoms with Crippen molar-refractivity contribution < 1.29 is 13.2 Å². The number of aliphatic imine (C=N–C) groups is 1. The van der Waals surface area contributed by atoms with Crippen LogP contribution in [-0.2, 0) is 12.6 Å². The molecule has 0 radical (unpaired) electrons. The van der Waals surface area contributed by atoms with Gasteiger partial charge in [0, 0.05) is 43.7 Å². The number of pyridine rings is 1. The van der Waals surface area contributed by atoms with Crippen LogP contribution in [0.5, 0.6) is 0 Å². The number of nitrogens with zero attached hydrogens (tertiary/aromatic N) is 4. The number of hydrogen-bond acceptors (Lipinski definition) is 4. The first-order chi connectivity index (χ1) is 11.8. The molecule has 0 saturated carbocycles. The third-order valence-corrected chi connectivity index (χ3v) is 4.91. The number of fused-ring (bicyclic) bond motifs is 3. The summed E-state index contributed by atoms with van der Waals surface area (Å²) in [6.45, 7) is 5.47. The van der Waals surface area contributed by atoms with E-state index in [9.17, 15) is 13.2 Å². The smallest absolute Gasteiger partial charge is 0.352 e. The molecule has 0 N–H and O–H groups in total. The summed E-state index contributed by atoms with van der Waals surface area (Å²) in [4.78, 5) is 13.7. The highest BCUT2D eigenvalue weighted by Gasteiger charge is 2.32. The first-order valence-corrected chi connectivity index (χ1v) is 8.34. The van der Waals surface area contributed by atoms with Crippen LogP contribution in [0.4, 0.5) is 24.7 Å². The Morgan fingerprint density at radius 1 is 1.08 bits per heavy atom. The second-order valence-corrected chi connectivity index (χ2v) is 6.81. The van der Waals surface area contributed by atoms with Gasteiger partial charge in [-0.1, -0.05) is 0 Å². The van der Waals surface area contributed by atoms with Gasteiger partial charge >= 0.3 is 6.18 Å². The van der Waals surface area contributed by atoms with Crippen molar-refractivity contribution in [1.82, 2.24) is 9.88 Å². The highest BCUT2D eigenvalue weighted by Crippen LogP contribution is 2.42. The number of anilines is 1. The van der Waals surface area contributed by atoms with Crippen LogP contribution in [0.1, 0.15) is 18.1 Å². The van der Waals surface area contributed by atoms with E-state index in [0.717, 1.165) is 55.0 Å². The number of benzene rings is 1. The normalized spacial score (nSPS) is 18.6. The molecule has 4 rings (SSSR count). The van der Waals surface area contributed by atoms with E-state index in [0.29, 0.717) is 17.3 Å². The summed E-state index contributed by atoms with van der Waals surface area (Å²) in [6, 6.07) is 3.80. The van der Waals surface area contributed by atoms with Crippen LogP contribution >= 0.6 is 0 Å². The van der Waals surface area contributed by atoms with Crippen molar-refractivity contribution in [3.8, 4) is 0 Å². The first kappa shape index (κ1) is 16.3. The summed E-state index contributed by atoms with van der Waals surface area (Å²) in [7, 11) is 2.08. The lowest BCUT2D eigenvalue weighted by atomic mass is 10.0. The summed E-state index contributed by atoms with van der Waals surface area (Å²) in [6.07, 6.45) is -3.78. The van der Waals surface area contributed by atoms with Crippen LogP contribution in [0.2, 0.25) is 0 Å². The van der Waals surface area contributed by atoms with Gasteiger partial charge in [0.2, 0.25) is 0 Å². The van der Waals surface area contributed by atoms with Crippen molar-refractivity contribution in [1.29, 1.82) is 0 Å². The van der Waals surface area contributed by atoms with E-state index in [1.54, 1.807) is 0 Å². The Bertz CT molecular complexity index is 865. The average Bonchev–Trinajstić information content (AvgIpc) is 2.95. The molecular weight excluding hydrogens is 329 g/mol. The molecular formula is C18H19F3N4. The van der Waals surface area contributed by atoms with Crippen LogP contribution in [0.3, 0.4) is 0 Å². The molecule has 2 aliphatic heterocycles. The Hall–Kier alpha value is -2.15. The van der Waals surface area contributed by atoms with Gasteiger partial charge < -0.3 is 9.80 Å². The van der Waals surface area contributed by atoms with Crippen molar-refractivity contribution in [3.63, 3.8) is 0 Å². The zero-order chi connectivity index (χ0) is 17.8. The highest BCUT2D eigenvalue weighted by atomic mass is 19.4. The third kappa shape index (κ3) is 2.86. The van der Waals surface area contributed by atoms with Gasteiger partial charge in [0.05, 0.1) is 11.1 Å². The summed E-state index contributed by atoms with van der Waals surface area (Å²) >= 11 is 0. The molecule has 0 amide bonds. The second-order valence-electron chi connectivity index (χ2n) is 6.81. The van der Waals surface area contributed by atoms with Crippen LogP contribution in [0.15, 0.2) is 23.2 Å². The van der Waals surface area contributed by atoms with Crippen LogP contribution < -0.4 is 4.90 Å². The molecule has 0 aliphatic carbocycles. The quantitative estimate of drug-likeness (QED) is 0.788. The van der Waals surface area contributed by atoms with E-state index in [4.69, 9.17) is 0 Å². The Morgan fingerprint density at radius 3 is 2.48 bits per heavy atom. The Kier molecular flexibility index (Phi) is 3.72. The molecule has 0 unspecified atom stereocenters. The van der Waals surface area contributed by atoms with E-state index in [1.807, 2.05) is 6.92 Å². The maximum atomic E-state index is 13.1. The number of hydrogen-bond donors (Lipinski definition) is 0. The van der Waals surface area contributed by atoms with Crippen LogP contribution in [0.25, 0.3) is 10.9 Å². The number of likely N-dealkylation sites (N-methyl/N-ethyl adjacent to an activating group) is 1. The van der Waals surface area contributed by atoms with E-state index >= 15 is 0 Å². The minimum atomic E-state index is -4.36. The molecule has 7 heteroatoms. The van der Waals surface area contributed by atoms with E-state index in [1.165, 1.54) is 12.1 Å². The van der Waals surface area contributed by atoms with Crippen molar-refractivity contribution in [3.05, 3.63) is 29.3 Å². The molecule has 3 heterocycles. The standard InChI is InChI=1S/C18H19F3N4/c1-11-9-14-13-10-12(18(19,20)21)3-4-15(13)23-17(16(14)22-11)25-7-5-24(2)6-8-25/h3-4,10H,5-9H2,1-2H3. The second kappa shape index (κ2) is 5.69. The molecule has 2 aliphatic rings. The molecule has 132 valence electrons. The number of aromatic nitrogens is 1. The zero-order valence-corrected chi connectivity index (χ0v) is 14.2. The van der Waals surface area contributed by atoms with Crippen molar-refractivity contribution >= 4 is 28.1 Å². The highest BCUT2D eigenvalue weighted by molar-refractivity contribution is 6.02. The van der Waals surface area contributed by atoms with Gasteiger partial charge in [-0.3, -0.25) is 4.99 Å². The Morgan fingerprint density at radius 2 is 1.80 bits per heavy atom. The summed E-state index contributed by atoms with van der Waals surface area (Å²) < 4.78 is 39.3. The molecule has 0 atom stereocenters. The third-order valence-electron chi connectivity index (χ3n) is 4.91.